The Morgan fingerprint density at radius 1 is 1.28 bits per heavy atom. The van der Waals surface area contributed by atoms with E-state index in [4.69, 9.17) is 0 Å². The van der Waals surface area contributed by atoms with Crippen LogP contribution in [0.25, 0.3) is 0 Å². The maximum atomic E-state index is 3.61. The molecular weight excluding hydrogens is 462 g/mol. The fourth-order valence-electron chi connectivity index (χ4n) is 1.65. The van der Waals surface area contributed by atoms with Gasteiger partial charge in [-0.25, -0.2) is 0 Å². The van der Waals surface area contributed by atoms with Crippen LogP contribution in [0.15, 0.2) is 29.6 Å². The summed E-state index contributed by atoms with van der Waals surface area (Å²) in [5.74, 6) is 0. The van der Waals surface area contributed by atoms with E-state index in [1.807, 2.05) is 0 Å². The molecule has 0 spiro atoms. The van der Waals surface area contributed by atoms with Crippen molar-refractivity contribution in [2.45, 2.75) is 19.4 Å². The highest BCUT2D eigenvalue weighted by atomic mass is 79.9. The fraction of sp³-hybridized carbons (Fsp3) is 0.333. The van der Waals surface area contributed by atoms with E-state index in [2.05, 4.69) is 77.5 Å². The van der Waals surface area contributed by atoms with Crippen LogP contribution in [0, 0.1) is 0 Å². The largest absolute Gasteiger partial charge is 0.306 e. The minimum absolute atomic E-state index is 0.278. The molecule has 0 aliphatic carbocycles. The summed E-state index contributed by atoms with van der Waals surface area (Å²) in [6, 6.07) is 4.66. The molecule has 18 heavy (non-hydrogen) atoms. The van der Waals surface area contributed by atoms with Gasteiger partial charge in [0.25, 0.3) is 0 Å². The molecule has 1 unspecified atom stereocenters. The van der Waals surface area contributed by atoms with E-state index in [9.17, 15) is 0 Å². The van der Waals surface area contributed by atoms with Gasteiger partial charge in [0.2, 0.25) is 0 Å². The van der Waals surface area contributed by atoms with E-state index in [0.29, 0.717) is 0 Å². The third kappa shape index (κ3) is 3.67. The van der Waals surface area contributed by atoms with Crippen LogP contribution in [0.5, 0.6) is 0 Å². The second kappa shape index (κ2) is 6.99. The Hall–Kier alpha value is 0.800. The maximum absolute atomic E-state index is 3.61. The van der Waals surface area contributed by atoms with Gasteiger partial charge in [0.1, 0.15) is 0 Å². The highest BCUT2D eigenvalue weighted by molar-refractivity contribution is 9.13. The Labute approximate surface area is 140 Å². The standard InChI is InChI=1S/C12H12Br3NS2/c1-2-3-16-11(7-4-10(14)17-6-7)9-5-8(13)12(15)18-9/h4-6,11,16H,2-3H2,1H3. The van der Waals surface area contributed by atoms with E-state index in [1.54, 1.807) is 22.7 Å². The average molecular weight is 474 g/mol. The van der Waals surface area contributed by atoms with Crippen molar-refractivity contribution in [2.75, 3.05) is 6.54 Å². The first-order valence-electron chi connectivity index (χ1n) is 5.54. The molecule has 1 N–H and O–H groups in total. The Morgan fingerprint density at radius 2 is 2.06 bits per heavy atom. The Kier molecular flexibility index (Phi) is 5.90. The smallest absolute Gasteiger partial charge is 0.0843 e. The van der Waals surface area contributed by atoms with E-state index >= 15 is 0 Å². The molecule has 1 nitrogen and oxygen atoms in total. The van der Waals surface area contributed by atoms with E-state index in [1.165, 1.54) is 14.2 Å². The molecule has 6 heteroatoms. The van der Waals surface area contributed by atoms with Gasteiger partial charge >= 0.3 is 0 Å². The molecule has 0 saturated heterocycles. The number of nitrogens with one attached hydrogen (secondary N) is 1. The number of hydrogen-bond acceptors (Lipinski definition) is 3. The van der Waals surface area contributed by atoms with Gasteiger partial charge in [-0.1, -0.05) is 6.92 Å². The van der Waals surface area contributed by atoms with Crippen LogP contribution in [0.4, 0.5) is 0 Å². The van der Waals surface area contributed by atoms with Crippen LogP contribution in [0.3, 0.4) is 0 Å². The number of rotatable bonds is 5. The highest BCUT2D eigenvalue weighted by Crippen LogP contribution is 2.39. The summed E-state index contributed by atoms with van der Waals surface area (Å²) in [5.41, 5.74) is 1.32. The summed E-state index contributed by atoms with van der Waals surface area (Å²) in [6.07, 6.45) is 1.13. The summed E-state index contributed by atoms with van der Waals surface area (Å²) in [7, 11) is 0. The van der Waals surface area contributed by atoms with Gasteiger partial charge in [-0.05, 0) is 83.8 Å². The number of hydrogen-bond donors (Lipinski definition) is 1. The number of thiophene rings is 2. The lowest BCUT2D eigenvalue weighted by molar-refractivity contribution is 0.607. The molecule has 2 rings (SSSR count). The lowest BCUT2D eigenvalue weighted by atomic mass is 10.1. The summed E-state index contributed by atoms with van der Waals surface area (Å²) < 4.78 is 3.45. The van der Waals surface area contributed by atoms with E-state index in [-0.39, 0.29) is 6.04 Å². The minimum atomic E-state index is 0.278. The lowest BCUT2D eigenvalue weighted by Crippen LogP contribution is -2.21. The minimum Gasteiger partial charge on any atom is -0.306 e. The Balaban J connectivity index is 2.30. The molecule has 0 aromatic carbocycles. The molecule has 2 heterocycles. The molecule has 0 fully saturated rings. The normalized spacial score (nSPS) is 12.9. The van der Waals surface area contributed by atoms with Crippen molar-refractivity contribution in [1.29, 1.82) is 0 Å². The van der Waals surface area contributed by atoms with Gasteiger partial charge in [-0.2, -0.15) is 0 Å². The third-order valence-electron chi connectivity index (χ3n) is 2.47. The first-order valence-corrected chi connectivity index (χ1v) is 9.61. The van der Waals surface area contributed by atoms with E-state index < -0.39 is 0 Å². The van der Waals surface area contributed by atoms with Crippen LogP contribution in [-0.4, -0.2) is 6.54 Å². The van der Waals surface area contributed by atoms with Crippen molar-refractivity contribution in [3.63, 3.8) is 0 Å². The summed E-state index contributed by atoms with van der Waals surface area (Å²) in [4.78, 5) is 1.33. The molecule has 98 valence electrons. The molecule has 2 aromatic rings. The topological polar surface area (TPSA) is 12.0 Å². The molecule has 0 radical (unpaired) electrons. The zero-order valence-corrected chi connectivity index (χ0v) is 16.1. The zero-order chi connectivity index (χ0) is 13.1. The van der Waals surface area contributed by atoms with Crippen molar-refractivity contribution >= 4 is 70.5 Å². The van der Waals surface area contributed by atoms with Crippen molar-refractivity contribution in [2.24, 2.45) is 0 Å². The van der Waals surface area contributed by atoms with Crippen LogP contribution < -0.4 is 5.32 Å². The molecule has 1 atom stereocenters. The molecule has 0 aliphatic heterocycles. The second-order valence-corrected chi connectivity index (χ2v) is 9.39. The monoisotopic (exact) mass is 471 g/mol. The third-order valence-corrected chi connectivity index (χ3v) is 7.31. The quantitative estimate of drug-likeness (QED) is 0.546. The van der Waals surface area contributed by atoms with Gasteiger partial charge in [0.15, 0.2) is 0 Å². The van der Waals surface area contributed by atoms with Crippen molar-refractivity contribution < 1.29 is 0 Å². The van der Waals surface area contributed by atoms with Crippen molar-refractivity contribution in [3.8, 4) is 0 Å². The average Bonchev–Trinajstić information content (AvgIpc) is 2.88. The Morgan fingerprint density at radius 3 is 2.56 bits per heavy atom. The van der Waals surface area contributed by atoms with Crippen molar-refractivity contribution in [3.05, 3.63) is 40.0 Å². The van der Waals surface area contributed by atoms with Gasteiger partial charge in [0.05, 0.1) is 13.6 Å². The first-order chi connectivity index (χ1) is 8.61. The molecule has 0 bridgehead atoms. The van der Waals surface area contributed by atoms with Gasteiger partial charge in [-0.3, -0.25) is 0 Å². The molecule has 0 saturated carbocycles. The molecular formula is C12H12Br3NS2. The highest BCUT2D eigenvalue weighted by Gasteiger charge is 2.18. The number of halogens is 3. The lowest BCUT2D eigenvalue weighted by Gasteiger charge is -2.15. The second-order valence-electron chi connectivity index (χ2n) is 3.84. The van der Waals surface area contributed by atoms with E-state index in [0.717, 1.165) is 21.2 Å². The first kappa shape index (κ1) is 15.2. The van der Waals surface area contributed by atoms with Gasteiger partial charge in [0, 0.05) is 9.35 Å². The van der Waals surface area contributed by atoms with Crippen molar-refractivity contribution in [1.82, 2.24) is 5.32 Å². The zero-order valence-electron chi connectivity index (χ0n) is 9.67. The molecule has 2 aromatic heterocycles. The van der Waals surface area contributed by atoms with Crippen LogP contribution >= 0.6 is 70.5 Å². The molecule has 0 amide bonds. The maximum Gasteiger partial charge on any atom is 0.0843 e. The van der Waals surface area contributed by atoms with Gasteiger partial charge in [-0.15, -0.1) is 22.7 Å². The summed E-state index contributed by atoms with van der Waals surface area (Å²) >= 11 is 14.2. The predicted molar refractivity (Wildman–Crippen MR) is 91.9 cm³/mol. The predicted octanol–water partition coefficient (Wildman–Crippen LogP) is 6.19. The summed E-state index contributed by atoms with van der Waals surface area (Å²) in [5, 5.41) is 5.82. The van der Waals surface area contributed by atoms with Gasteiger partial charge < -0.3 is 5.32 Å². The summed E-state index contributed by atoms with van der Waals surface area (Å²) in [6.45, 7) is 3.21. The van der Waals surface area contributed by atoms with Crippen LogP contribution in [0.1, 0.15) is 29.8 Å². The van der Waals surface area contributed by atoms with Crippen LogP contribution in [-0.2, 0) is 0 Å². The molecule has 0 aliphatic rings. The SMILES string of the molecule is CCCNC(c1csc(Br)c1)c1cc(Br)c(Br)s1. The van der Waals surface area contributed by atoms with Crippen LogP contribution in [0.2, 0.25) is 0 Å². The Bertz CT molecular complexity index is 502. The fourth-order valence-corrected chi connectivity index (χ4v) is 5.05.